The van der Waals surface area contributed by atoms with E-state index in [0.717, 1.165) is 64.2 Å². The van der Waals surface area contributed by atoms with E-state index in [1.54, 1.807) is 0 Å². The molecule has 8 heteroatoms. The molecule has 0 aliphatic rings. The highest BCUT2D eigenvalue weighted by Crippen LogP contribution is 2.17. The number of nitrogens with zero attached hydrogens (tertiary/aromatic N) is 1. The molecule has 0 heterocycles. The molecule has 8 nitrogen and oxygen atoms in total. The normalized spacial score (nSPS) is 13.1. The van der Waals surface area contributed by atoms with Gasteiger partial charge in [-0.1, -0.05) is 236 Å². The molecule has 0 rings (SSSR count). The van der Waals surface area contributed by atoms with Gasteiger partial charge in [0.05, 0.1) is 34.4 Å². The van der Waals surface area contributed by atoms with Crippen LogP contribution in [0.25, 0.3) is 0 Å². The van der Waals surface area contributed by atoms with E-state index in [2.05, 4.69) is 62.5 Å². The molecular weight excluding hydrogens is 835 g/mol. The molecule has 0 fully saturated rings. The summed E-state index contributed by atoms with van der Waals surface area (Å²) in [5.74, 6) is -1.46. The zero-order valence-electron chi connectivity index (χ0n) is 44.6. The largest absolute Gasteiger partial charge is 0.477 e. The highest BCUT2D eigenvalue weighted by atomic mass is 16.6. The van der Waals surface area contributed by atoms with Gasteiger partial charge in [-0.05, 0) is 51.4 Å². The van der Waals surface area contributed by atoms with E-state index < -0.39 is 18.1 Å². The summed E-state index contributed by atoms with van der Waals surface area (Å²) < 4.78 is 17.4. The van der Waals surface area contributed by atoms with E-state index in [-0.39, 0.29) is 36.2 Å². The first-order valence-electron chi connectivity index (χ1n) is 28.2. The lowest BCUT2D eigenvalue weighted by Gasteiger charge is -2.31. The van der Waals surface area contributed by atoms with Crippen molar-refractivity contribution in [1.29, 1.82) is 0 Å². The van der Waals surface area contributed by atoms with Crippen LogP contribution in [0.5, 0.6) is 0 Å². The number of carbonyl (C=O) groups excluding carboxylic acids is 2. The van der Waals surface area contributed by atoms with Crippen LogP contribution in [0.4, 0.5) is 0 Å². The molecule has 0 amide bonds. The molecule has 0 spiro atoms. The number of hydrogen-bond donors (Lipinski definition) is 1. The number of allylic oxidation sites excluding steroid dienone is 8. The molecule has 390 valence electrons. The first kappa shape index (κ1) is 64.3. The van der Waals surface area contributed by atoms with Gasteiger partial charge in [-0.25, -0.2) is 4.79 Å². The fraction of sp³-hybridized carbons (Fsp3) is 0.814. The zero-order valence-corrected chi connectivity index (χ0v) is 44.6. The van der Waals surface area contributed by atoms with Crippen molar-refractivity contribution in [2.75, 3.05) is 41.0 Å². The molecular formula is C59H108NO7+. The maximum Gasteiger partial charge on any atom is 0.362 e. The Morgan fingerprint density at radius 3 is 1.24 bits per heavy atom. The monoisotopic (exact) mass is 943 g/mol. The summed E-state index contributed by atoms with van der Waals surface area (Å²) >= 11 is 0. The molecule has 2 atom stereocenters. The van der Waals surface area contributed by atoms with Gasteiger partial charge in [-0.2, -0.15) is 0 Å². The van der Waals surface area contributed by atoms with Gasteiger partial charge < -0.3 is 23.8 Å². The Hall–Kier alpha value is -2.71. The number of hydrogen-bond acceptors (Lipinski definition) is 6. The van der Waals surface area contributed by atoms with Gasteiger partial charge in [0, 0.05) is 19.3 Å². The highest BCUT2D eigenvalue weighted by molar-refractivity contribution is 5.72. The lowest BCUT2D eigenvalue weighted by Crippen LogP contribution is -2.50. The van der Waals surface area contributed by atoms with Gasteiger partial charge in [-0.15, -0.1) is 0 Å². The second-order valence-electron chi connectivity index (χ2n) is 20.2. The first-order valence-corrected chi connectivity index (χ1v) is 28.2. The van der Waals surface area contributed by atoms with Gasteiger partial charge >= 0.3 is 17.9 Å². The molecule has 0 aliphatic carbocycles. The summed E-state index contributed by atoms with van der Waals surface area (Å²) in [4.78, 5) is 37.3. The summed E-state index contributed by atoms with van der Waals surface area (Å²) in [6, 6.07) is -0.615. The van der Waals surface area contributed by atoms with E-state index >= 15 is 0 Å². The number of rotatable bonds is 51. The number of quaternary nitrogens is 1. The summed E-state index contributed by atoms with van der Waals surface area (Å²) in [5, 5.41) is 9.67. The topological polar surface area (TPSA) is 99.1 Å². The fourth-order valence-electron chi connectivity index (χ4n) is 8.44. The first-order chi connectivity index (χ1) is 32.6. The highest BCUT2D eigenvalue weighted by Gasteiger charge is 2.31. The van der Waals surface area contributed by atoms with Gasteiger partial charge in [0.2, 0.25) is 0 Å². The summed E-state index contributed by atoms with van der Waals surface area (Å²) in [5.41, 5.74) is 0. The quantitative estimate of drug-likeness (QED) is 0.0281. The summed E-state index contributed by atoms with van der Waals surface area (Å²) in [6.45, 7) is 4.67. The molecule has 0 bridgehead atoms. The predicted octanol–water partition coefficient (Wildman–Crippen LogP) is 16.7. The van der Waals surface area contributed by atoms with Gasteiger partial charge in [0.25, 0.3) is 0 Å². The molecule has 0 saturated heterocycles. The molecule has 0 radical (unpaired) electrons. The van der Waals surface area contributed by atoms with Crippen molar-refractivity contribution >= 4 is 17.9 Å². The third kappa shape index (κ3) is 48.1. The molecule has 0 aromatic rings. The third-order valence-corrected chi connectivity index (χ3v) is 12.7. The molecule has 0 saturated carbocycles. The van der Waals surface area contributed by atoms with Crippen LogP contribution in [0.3, 0.4) is 0 Å². The van der Waals surface area contributed by atoms with Crippen molar-refractivity contribution in [3.63, 3.8) is 0 Å². The molecule has 0 aliphatic heterocycles. The zero-order chi connectivity index (χ0) is 49.2. The van der Waals surface area contributed by atoms with E-state index in [1.165, 1.54) is 161 Å². The van der Waals surface area contributed by atoms with Crippen molar-refractivity contribution in [3.8, 4) is 0 Å². The van der Waals surface area contributed by atoms with Crippen molar-refractivity contribution in [3.05, 3.63) is 48.6 Å². The van der Waals surface area contributed by atoms with Crippen LogP contribution < -0.4 is 0 Å². The predicted molar refractivity (Wildman–Crippen MR) is 284 cm³/mol. The minimum absolute atomic E-state index is 0.0506. The van der Waals surface area contributed by atoms with E-state index in [1.807, 2.05) is 21.1 Å². The number of carboxylic acids is 1. The Morgan fingerprint density at radius 2 is 0.836 bits per heavy atom. The van der Waals surface area contributed by atoms with Gasteiger partial charge in [0.15, 0.2) is 12.1 Å². The summed E-state index contributed by atoms with van der Waals surface area (Å²) in [7, 11) is 5.55. The van der Waals surface area contributed by atoms with Gasteiger partial charge in [-0.3, -0.25) is 9.59 Å². The number of unbranched alkanes of at least 4 members (excludes halogenated alkanes) is 29. The van der Waals surface area contributed by atoms with Crippen LogP contribution in [0.15, 0.2) is 48.6 Å². The van der Waals surface area contributed by atoms with Crippen LogP contribution >= 0.6 is 0 Å². The molecule has 67 heavy (non-hydrogen) atoms. The van der Waals surface area contributed by atoms with E-state index in [9.17, 15) is 19.5 Å². The molecule has 1 N–H and O–H groups in total. The van der Waals surface area contributed by atoms with Crippen LogP contribution in [-0.2, 0) is 28.6 Å². The maximum absolute atomic E-state index is 12.8. The van der Waals surface area contributed by atoms with Gasteiger partial charge in [0.1, 0.15) is 6.61 Å². The van der Waals surface area contributed by atoms with Crippen LogP contribution in [-0.4, -0.2) is 80.6 Å². The van der Waals surface area contributed by atoms with Crippen molar-refractivity contribution in [2.45, 2.75) is 270 Å². The molecule has 0 aromatic carbocycles. The van der Waals surface area contributed by atoms with Crippen LogP contribution in [0.2, 0.25) is 0 Å². The standard InChI is InChI=1S/C59H107NO7/c1-6-8-10-12-14-16-18-20-22-24-26-28-29-30-32-33-35-37-39-41-43-45-47-49-57(61)66-54-55(53-65-52-51-56(59(63)64)60(3,4)5)67-58(62)50-48-46-44-42-40-38-36-34-31-27-25-23-21-19-17-15-13-11-9-7-2/h8,10,14,16,20,22,26,28,55-56H,6-7,9,11-13,15,17-19,21,23-25,27,29-54H2,1-5H3/p+1/b10-8+,16-14+,22-20+,28-26+. The Morgan fingerprint density at radius 1 is 0.463 bits per heavy atom. The Balaban J connectivity index is 4.17. The van der Waals surface area contributed by atoms with E-state index in [4.69, 9.17) is 14.2 Å². The second-order valence-corrected chi connectivity index (χ2v) is 20.2. The molecule has 0 aromatic heterocycles. The lowest BCUT2D eigenvalue weighted by molar-refractivity contribution is -0.887. The van der Waals surface area contributed by atoms with Crippen molar-refractivity contribution in [2.24, 2.45) is 0 Å². The summed E-state index contributed by atoms with van der Waals surface area (Å²) in [6.07, 6.45) is 61.7. The number of carbonyl (C=O) groups is 3. The fourth-order valence-corrected chi connectivity index (χ4v) is 8.44. The SMILES string of the molecule is CC/C=C/C/C=C/C/C=C/C/C=C/CCCCCCCCCCCCC(=O)OCC(COCCC(C(=O)O)[N+](C)(C)C)OC(=O)CCCCCCCCCCCCCCCCCCCCCC. The number of likely N-dealkylation sites (N-methyl/N-ethyl adjacent to an activating group) is 1. The number of aliphatic carboxylic acids is 1. The number of carboxylic acid groups (broad SMARTS) is 1. The Kier molecular flexibility index (Phi) is 47.7. The average Bonchev–Trinajstić information content (AvgIpc) is 3.29. The molecule has 2 unspecified atom stereocenters. The average molecular weight is 944 g/mol. The van der Waals surface area contributed by atoms with Crippen LogP contribution in [0, 0.1) is 0 Å². The van der Waals surface area contributed by atoms with Crippen LogP contribution in [0.1, 0.15) is 258 Å². The minimum Gasteiger partial charge on any atom is -0.477 e. The lowest BCUT2D eigenvalue weighted by atomic mass is 10.0. The van der Waals surface area contributed by atoms with Crippen molar-refractivity contribution < 1.29 is 38.2 Å². The number of ether oxygens (including phenoxy) is 3. The maximum atomic E-state index is 12.8. The second kappa shape index (κ2) is 49.7. The Bertz CT molecular complexity index is 1230. The number of esters is 2. The smallest absolute Gasteiger partial charge is 0.362 e. The Labute approximate surface area is 414 Å². The minimum atomic E-state index is -0.873. The third-order valence-electron chi connectivity index (χ3n) is 12.7. The van der Waals surface area contributed by atoms with Crippen molar-refractivity contribution in [1.82, 2.24) is 0 Å². The van der Waals surface area contributed by atoms with E-state index in [0.29, 0.717) is 19.3 Å².